The zero-order chi connectivity index (χ0) is 14.5. The first-order valence-electron chi connectivity index (χ1n) is 6.09. The lowest BCUT2D eigenvalue weighted by Crippen LogP contribution is -2.28. The van der Waals surface area contributed by atoms with Crippen LogP contribution in [0.1, 0.15) is 38.6 Å². The summed E-state index contributed by atoms with van der Waals surface area (Å²) in [4.78, 5) is 27.3. The van der Waals surface area contributed by atoms with Gasteiger partial charge in [0, 0.05) is 24.0 Å². The maximum atomic E-state index is 12.1. The predicted molar refractivity (Wildman–Crippen MR) is 76.3 cm³/mol. The Morgan fingerprint density at radius 1 is 1.35 bits per heavy atom. The third-order valence-electron chi connectivity index (χ3n) is 2.84. The summed E-state index contributed by atoms with van der Waals surface area (Å²) in [7, 11) is 0. The molecule has 0 saturated carbocycles. The molecule has 1 aromatic heterocycles. The van der Waals surface area contributed by atoms with Crippen LogP contribution in [0.15, 0.2) is 35.8 Å². The van der Waals surface area contributed by atoms with Gasteiger partial charge in [-0.05, 0) is 12.1 Å². The Morgan fingerprint density at radius 2 is 2.05 bits per heavy atom. The van der Waals surface area contributed by atoms with E-state index in [2.05, 4.69) is 10.3 Å². The number of carbonyl (C=O) groups is 2. The van der Waals surface area contributed by atoms with Crippen LogP contribution in [0.25, 0.3) is 0 Å². The minimum absolute atomic E-state index is 0.00639. The molecule has 0 saturated heterocycles. The predicted octanol–water partition coefficient (Wildman–Crippen LogP) is 2.37. The first-order chi connectivity index (χ1) is 9.59. The fraction of sp³-hybridized carbons (Fsp3) is 0.214. The van der Waals surface area contributed by atoms with Gasteiger partial charge in [-0.15, -0.1) is 11.3 Å². The topological polar surface area (TPSA) is 79.3 Å². The molecule has 2 rings (SSSR count). The summed E-state index contributed by atoms with van der Waals surface area (Å²) in [5.74, 6) is -1.40. The van der Waals surface area contributed by atoms with E-state index in [9.17, 15) is 9.59 Å². The Labute approximate surface area is 120 Å². The normalized spacial score (nSPS) is 11.8. The van der Waals surface area contributed by atoms with E-state index in [4.69, 9.17) is 5.11 Å². The maximum Gasteiger partial charge on any atom is 0.336 e. The van der Waals surface area contributed by atoms with Gasteiger partial charge in [-0.25, -0.2) is 9.78 Å². The Kier molecular flexibility index (Phi) is 4.47. The van der Waals surface area contributed by atoms with Crippen LogP contribution in [-0.2, 0) is 0 Å². The Balaban J connectivity index is 2.04. The van der Waals surface area contributed by atoms with Gasteiger partial charge in [-0.3, -0.25) is 4.79 Å². The van der Waals surface area contributed by atoms with Crippen molar-refractivity contribution in [2.75, 3.05) is 6.54 Å². The standard InChI is InChI=1S/C14H14N2O3S/c1-9(13-15-6-7-20-13)8-16-12(17)10-4-2-3-5-11(10)14(18)19/h2-7,9H,8H2,1H3,(H,16,17)(H,18,19). The molecule has 0 spiro atoms. The van der Waals surface area contributed by atoms with Crippen LogP contribution in [0.4, 0.5) is 0 Å². The van der Waals surface area contributed by atoms with Crippen molar-refractivity contribution in [2.45, 2.75) is 12.8 Å². The number of thiazole rings is 1. The van der Waals surface area contributed by atoms with Crippen molar-refractivity contribution < 1.29 is 14.7 Å². The van der Waals surface area contributed by atoms with Gasteiger partial charge in [0.25, 0.3) is 5.91 Å². The molecule has 1 atom stereocenters. The van der Waals surface area contributed by atoms with Gasteiger partial charge in [0.2, 0.25) is 0 Å². The number of carboxylic acid groups (broad SMARTS) is 1. The minimum atomic E-state index is -1.11. The smallest absolute Gasteiger partial charge is 0.336 e. The molecule has 1 heterocycles. The molecular weight excluding hydrogens is 276 g/mol. The van der Waals surface area contributed by atoms with E-state index in [0.29, 0.717) is 6.54 Å². The Hall–Kier alpha value is -2.21. The molecule has 0 aliphatic carbocycles. The highest BCUT2D eigenvalue weighted by molar-refractivity contribution is 7.09. The van der Waals surface area contributed by atoms with E-state index in [0.717, 1.165) is 5.01 Å². The van der Waals surface area contributed by atoms with Gasteiger partial charge in [0.1, 0.15) is 0 Å². The van der Waals surface area contributed by atoms with E-state index in [1.807, 2.05) is 12.3 Å². The molecule has 2 aromatic rings. The third kappa shape index (κ3) is 3.21. The molecule has 0 aliphatic rings. The van der Waals surface area contributed by atoms with E-state index in [1.54, 1.807) is 18.3 Å². The van der Waals surface area contributed by atoms with Crippen molar-refractivity contribution in [3.8, 4) is 0 Å². The average Bonchev–Trinajstić information content (AvgIpc) is 2.98. The largest absolute Gasteiger partial charge is 0.478 e. The highest BCUT2D eigenvalue weighted by atomic mass is 32.1. The van der Waals surface area contributed by atoms with Crippen molar-refractivity contribution in [2.24, 2.45) is 0 Å². The van der Waals surface area contributed by atoms with E-state index in [-0.39, 0.29) is 23.0 Å². The molecule has 1 amide bonds. The van der Waals surface area contributed by atoms with Gasteiger partial charge in [-0.2, -0.15) is 0 Å². The SMILES string of the molecule is CC(CNC(=O)c1ccccc1C(=O)O)c1nccs1. The number of hydrogen-bond donors (Lipinski definition) is 2. The molecule has 5 nitrogen and oxygen atoms in total. The summed E-state index contributed by atoms with van der Waals surface area (Å²) < 4.78 is 0. The zero-order valence-electron chi connectivity index (χ0n) is 10.9. The van der Waals surface area contributed by atoms with Crippen molar-refractivity contribution in [3.63, 3.8) is 0 Å². The van der Waals surface area contributed by atoms with E-state index in [1.165, 1.54) is 23.5 Å². The maximum absolute atomic E-state index is 12.1. The monoisotopic (exact) mass is 290 g/mol. The van der Waals surface area contributed by atoms with Crippen LogP contribution in [0, 0.1) is 0 Å². The van der Waals surface area contributed by atoms with Crippen molar-refractivity contribution in [3.05, 3.63) is 52.0 Å². The summed E-state index contributed by atoms with van der Waals surface area (Å²) >= 11 is 1.53. The summed E-state index contributed by atoms with van der Waals surface area (Å²) in [6, 6.07) is 6.17. The first kappa shape index (κ1) is 14.2. The quantitative estimate of drug-likeness (QED) is 0.886. The number of rotatable bonds is 5. The summed E-state index contributed by atoms with van der Waals surface area (Å²) in [5.41, 5.74) is 0.179. The number of carboxylic acids is 1. The minimum Gasteiger partial charge on any atom is -0.478 e. The molecule has 20 heavy (non-hydrogen) atoms. The molecule has 0 radical (unpaired) electrons. The van der Waals surface area contributed by atoms with Crippen LogP contribution >= 0.6 is 11.3 Å². The molecule has 6 heteroatoms. The molecule has 0 fully saturated rings. The second-order valence-corrected chi connectivity index (χ2v) is 5.26. The first-order valence-corrected chi connectivity index (χ1v) is 6.97. The number of aromatic carboxylic acids is 1. The highest BCUT2D eigenvalue weighted by Gasteiger charge is 2.16. The lowest BCUT2D eigenvalue weighted by molar-refractivity contribution is 0.0691. The number of benzene rings is 1. The van der Waals surface area contributed by atoms with Crippen molar-refractivity contribution >= 4 is 23.2 Å². The van der Waals surface area contributed by atoms with Gasteiger partial charge < -0.3 is 10.4 Å². The summed E-state index contributed by atoms with van der Waals surface area (Å²) in [6.07, 6.45) is 1.72. The summed E-state index contributed by atoms with van der Waals surface area (Å²) in [6.45, 7) is 2.38. The molecule has 1 aromatic carbocycles. The number of amides is 1. The fourth-order valence-corrected chi connectivity index (χ4v) is 2.47. The van der Waals surface area contributed by atoms with Crippen molar-refractivity contribution in [1.29, 1.82) is 0 Å². The van der Waals surface area contributed by atoms with Crippen LogP contribution in [0.5, 0.6) is 0 Å². The molecule has 2 N–H and O–H groups in total. The molecular formula is C14H14N2O3S. The number of nitrogens with one attached hydrogen (secondary N) is 1. The Bertz CT molecular complexity index is 611. The molecule has 1 unspecified atom stereocenters. The second kappa shape index (κ2) is 6.29. The lowest BCUT2D eigenvalue weighted by Gasteiger charge is -2.11. The third-order valence-corrected chi connectivity index (χ3v) is 3.85. The van der Waals surface area contributed by atoms with Crippen molar-refractivity contribution in [1.82, 2.24) is 10.3 Å². The lowest BCUT2D eigenvalue weighted by atomic mass is 10.1. The average molecular weight is 290 g/mol. The Morgan fingerprint density at radius 3 is 2.65 bits per heavy atom. The fourth-order valence-electron chi connectivity index (χ4n) is 1.77. The second-order valence-electron chi connectivity index (χ2n) is 4.33. The van der Waals surface area contributed by atoms with E-state index < -0.39 is 5.97 Å². The van der Waals surface area contributed by atoms with Crippen LogP contribution in [0.3, 0.4) is 0 Å². The van der Waals surface area contributed by atoms with Gasteiger partial charge in [0.15, 0.2) is 0 Å². The zero-order valence-corrected chi connectivity index (χ0v) is 11.7. The molecule has 0 bridgehead atoms. The summed E-state index contributed by atoms with van der Waals surface area (Å²) in [5, 5.41) is 14.6. The number of hydrogen-bond acceptors (Lipinski definition) is 4. The number of aromatic nitrogens is 1. The van der Waals surface area contributed by atoms with Gasteiger partial charge >= 0.3 is 5.97 Å². The highest BCUT2D eigenvalue weighted by Crippen LogP contribution is 2.17. The van der Waals surface area contributed by atoms with Gasteiger partial charge in [0.05, 0.1) is 16.1 Å². The number of nitrogens with zero attached hydrogens (tertiary/aromatic N) is 1. The van der Waals surface area contributed by atoms with E-state index >= 15 is 0 Å². The van der Waals surface area contributed by atoms with Gasteiger partial charge in [-0.1, -0.05) is 19.1 Å². The molecule has 104 valence electrons. The van der Waals surface area contributed by atoms with Crippen LogP contribution in [-0.4, -0.2) is 28.5 Å². The number of carbonyl (C=O) groups excluding carboxylic acids is 1. The molecule has 0 aliphatic heterocycles. The van der Waals surface area contributed by atoms with Crippen LogP contribution < -0.4 is 5.32 Å². The van der Waals surface area contributed by atoms with Crippen LogP contribution in [0.2, 0.25) is 0 Å².